The molecule has 1 aromatic heterocycles. The smallest absolute Gasteiger partial charge is 0.0702 e. The second-order valence-corrected chi connectivity index (χ2v) is 5.05. The van der Waals surface area contributed by atoms with E-state index in [2.05, 4.69) is 41.4 Å². The highest BCUT2D eigenvalue weighted by Gasteiger charge is 1.97. The van der Waals surface area contributed by atoms with Crippen LogP contribution in [0.15, 0.2) is 54.4 Å². The van der Waals surface area contributed by atoms with Crippen molar-refractivity contribution >= 4 is 6.08 Å². The zero-order valence-electron chi connectivity index (χ0n) is 12.3. The number of aromatic nitrogens is 1. The quantitative estimate of drug-likeness (QED) is 0.794. The van der Waals surface area contributed by atoms with Crippen molar-refractivity contribution in [3.63, 3.8) is 0 Å². The lowest BCUT2D eigenvalue weighted by Crippen LogP contribution is -2.01. The average molecular weight is 283 g/mol. The molecule has 0 aliphatic heterocycles. The molecule has 0 atom stereocenters. The van der Waals surface area contributed by atoms with Crippen LogP contribution in [0.25, 0.3) is 6.08 Å². The number of ether oxygens (including phenoxy) is 1. The fraction of sp³-hybridized carbons (Fsp3) is 0.278. The predicted molar refractivity (Wildman–Crippen MR) is 85.0 cm³/mol. The highest BCUT2D eigenvalue weighted by Crippen LogP contribution is 2.12. The maximum absolute atomic E-state index is 8.67. The molecule has 0 unspecified atom stereocenters. The Labute approximate surface area is 125 Å². The van der Waals surface area contributed by atoms with Gasteiger partial charge in [-0.1, -0.05) is 36.4 Å². The van der Waals surface area contributed by atoms with E-state index in [0.29, 0.717) is 13.2 Å². The molecule has 0 aliphatic rings. The van der Waals surface area contributed by atoms with Crippen molar-refractivity contribution in [2.24, 2.45) is 0 Å². The molecule has 0 bridgehead atoms. The fourth-order valence-corrected chi connectivity index (χ4v) is 2.09. The lowest BCUT2D eigenvalue weighted by Gasteiger charge is -2.04. The molecule has 0 saturated carbocycles. The highest BCUT2D eigenvalue weighted by molar-refractivity contribution is 5.53. The number of aliphatic hydroxyl groups excluding tert-OH is 1. The van der Waals surface area contributed by atoms with Crippen LogP contribution in [0.3, 0.4) is 0 Å². The molecule has 3 heteroatoms. The van der Waals surface area contributed by atoms with Gasteiger partial charge in [-0.15, -0.1) is 0 Å². The molecule has 21 heavy (non-hydrogen) atoms. The summed E-state index contributed by atoms with van der Waals surface area (Å²) in [5.41, 5.74) is 4.79. The lowest BCUT2D eigenvalue weighted by molar-refractivity contribution is 0.108. The first-order chi connectivity index (χ1) is 10.3. The normalized spacial score (nSPS) is 11.6. The van der Waals surface area contributed by atoms with Gasteiger partial charge in [-0.05, 0) is 41.7 Å². The van der Waals surface area contributed by atoms with Crippen LogP contribution in [0, 0.1) is 0 Å². The highest BCUT2D eigenvalue weighted by atomic mass is 16.5. The Balaban J connectivity index is 1.94. The van der Waals surface area contributed by atoms with Crippen LogP contribution >= 0.6 is 0 Å². The summed E-state index contributed by atoms with van der Waals surface area (Å²) in [5.74, 6) is 0. The van der Waals surface area contributed by atoms with Crippen molar-refractivity contribution in [1.29, 1.82) is 0 Å². The van der Waals surface area contributed by atoms with Crippen LogP contribution in [0.4, 0.5) is 0 Å². The maximum Gasteiger partial charge on any atom is 0.0702 e. The predicted octanol–water partition coefficient (Wildman–Crippen LogP) is 3.08. The standard InChI is InChI=1S/C18H21NO2/c1-15(14-21-10-9-20)11-16-4-6-17(7-5-16)12-18-3-2-8-19-13-18/h2-8,11,13,20H,9-10,12,14H2,1H3. The van der Waals surface area contributed by atoms with Gasteiger partial charge in [0.05, 0.1) is 19.8 Å². The number of benzene rings is 1. The molecule has 2 rings (SSSR count). The van der Waals surface area contributed by atoms with Crippen LogP contribution in [-0.4, -0.2) is 29.9 Å². The fourth-order valence-electron chi connectivity index (χ4n) is 2.09. The van der Waals surface area contributed by atoms with Gasteiger partial charge in [0.15, 0.2) is 0 Å². The molecule has 0 radical (unpaired) electrons. The molecule has 0 spiro atoms. The number of hydrogen-bond donors (Lipinski definition) is 1. The largest absolute Gasteiger partial charge is 0.394 e. The van der Waals surface area contributed by atoms with Gasteiger partial charge < -0.3 is 9.84 Å². The molecule has 2 aromatic rings. The van der Waals surface area contributed by atoms with E-state index in [1.807, 2.05) is 19.2 Å². The summed E-state index contributed by atoms with van der Waals surface area (Å²) in [6.45, 7) is 3.03. The number of pyridine rings is 1. The van der Waals surface area contributed by atoms with Crippen LogP contribution < -0.4 is 0 Å². The molecule has 1 N–H and O–H groups in total. The van der Waals surface area contributed by atoms with Gasteiger partial charge in [0.25, 0.3) is 0 Å². The Morgan fingerprint density at radius 1 is 1.19 bits per heavy atom. The van der Waals surface area contributed by atoms with Crippen molar-refractivity contribution in [3.8, 4) is 0 Å². The van der Waals surface area contributed by atoms with E-state index in [9.17, 15) is 0 Å². The van der Waals surface area contributed by atoms with Gasteiger partial charge in [-0.25, -0.2) is 0 Å². The summed E-state index contributed by atoms with van der Waals surface area (Å²) in [6, 6.07) is 12.6. The molecule has 0 aliphatic carbocycles. The van der Waals surface area contributed by atoms with E-state index < -0.39 is 0 Å². The summed E-state index contributed by atoms with van der Waals surface area (Å²) in [5, 5.41) is 8.67. The Bertz CT molecular complexity index is 562. The van der Waals surface area contributed by atoms with E-state index in [1.165, 1.54) is 11.1 Å². The third-order valence-corrected chi connectivity index (χ3v) is 3.09. The average Bonchev–Trinajstić information content (AvgIpc) is 2.51. The first-order valence-corrected chi connectivity index (χ1v) is 7.11. The third kappa shape index (κ3) is 5.50. The van der Waals surface area contributed by atoms with Crippen molar-refractivity contribution in [2.45, 2.75) is 13.3 Å². The van der Waals surface area contributed by atoms with Gasteiger partial charge in [-0.3, -0.25) is 4.98 Å². The minimum Gasteiger partial charge on any atom is -0.394 e. The summed E-state index contributed by atoms with van der Waals surface area (Å²) < 4.78 is 5.29. The van der Waals surface area contributed by atoms with Crippen LogP contribution in [0.2, 0.25) is 0 Å². The Morgan fingerprint density at radius 2 is 2.00 bits per heavy atom. The van der Waals surface area contributed by atoms with Gasteiger partial charge >= 0.3 is 0 Å². The Morgan fingerprint density at radius 3 is 2.67 bits per heavy atom. The van der Waals surface area contributed by atoms with E-state index in [-0.39, 0.29) is 6.61 Å². The number of rotatable bonds is 7. The number of hydrogen-bond acceptors (Lipinski definition) is 3. The summed E-state index contributed by atoms with van der Waals surface area (Å²) in [6.07, 6.45) is 6.69. The minimum atomic E-state index is 0.0658. The summed E-state index contributed by atoms with van der Waals surface area (Å²) >= 11 is 0. The molecule has 0 amide bonds. The van der Waals surface area contributed by atoms with E-state index in [4.69, 9.17) is 9.84 Å². The van der Waals surface area contributed by atoms with Crippen LogP contribution in [0.5, 0.6) is 0 Å². The van der Waals surface area contributed by atoms with Crippen molar-refractivity contribution in [2.75, 3.05) is 19.8 Å². The zero-order valence-corrected chi connectivity index (χ0v) is 12.3. The molecular weight excluding hydrogens is 262 g/mol. The Hall–Kier alpha value is -1.97. The second-order valence-electron chi connectivity index (χ2n) is 5.05. The summed E-state index contributed by atoms with van der Waals surface area (Å²) in [4.78, 5) is 4.13. The van der Waals surface area contributed by atoms with Crippen molar-refractivity contribution in [1.82, 2.24) is 4.98 Å². The van der Waals surface area contributed by atoms with Gasteiger partial charge in [0, 0.05) is 12.4 Å². The topological polar surface area (TPSA) is 42.4 Å². The number of nitrogens with zero attached hydrogens (tertiary/aromatic N) is 1. The Kier molecular flexibility index (Phi) is 6.13. The first kappa shape index (κ1) is 15.4. The maximum atomic E-state index is 8.67. The van der Waals surface area contributed by atoms with E-state index in [1.54, 1.807) is 6.20 Å². The molecule has 110 valence electrons. The van der Waals surface area contributed by atoms with Crippen molar-refractivity contribution in [3.05, 3.63) is 71.1 Å². The van der Waals surface area contributed by atoms with Gasteiger partial charge in [-0.2, -0.15) is 0 Å². The molecule has 0 saturated heterocycles. The molecule has 3 nitrogen and oxygen atoms in total. The van der Waals surface area contributed by atoms with E-state index in [0.717, 1.165) is 17.6 Å². The molecule has 1 heterocycles. The SMILES string of the molecule is CC(=Cc1ccc(Cc2cccnc2)cc1)COCCO. The van der Waals surface area contributed by atoms with Crippen LogP contribution in [-0.2, 0) is 11.2 Å². The van der Waals surface area contributed by atoms with Crippen LogP contribution in [0.1, 0.15) is 23.6 Å². The first-order valence-electron chi connectivity index (χ1n) is 7.11. The molecule has 0 fully saturated rings. The second kappa shape index (κ2) is 8.35. The lowest BCUT2D eigenvalue weighted by atomic mass is 10.0. The van der Waals surface area contributed by atoms with Gasteiger partial charge in [0.2, 0.25) is 0 Å². The number of aliphatic hydroxyl groups is 1. The third-order valence-electron chi connectivity index (χ3n) is 3.09. The van der Waals surface area contributed by atoms with Crippen molar-refractivity contribution < 1.29 is 9.84 Å². The molecular formula is C18H21NO2. The summed E-state index contributed by atoms with van der Waals surface area (Å²) in [7, 11) is 0. The monoisotopic (exact) mass is 283 g/mol. The zero-order chi connectivity index (χ0) is 14.9. The van der Waals surface area contributed by atoms with E-state index >= 15 is 0 Å². The minimum absolute atomic E-state index is 0.0658. The molecule has 1 aromatic carbocycles. The van der Waals surface area contributed by atoms with Gasteiger partial charge in [0.1, 0.15) is 0 Å².